The fourth-order valence-corrected chi connectivity index (χ4v) is 2.42. The first-order chi connectivity index (χ1) is 8.72. The van der Waals surface area contributed by atoms with Crippen LogP contribution >= 0.6 is 0 Å². The molecule has 18 heavy (non-hydrogen) atoms. The second kappa shape index (κ2) is 6.18. The standard InChI is InChI=1S/C14H23N3O/c1-11(17-9-7-16-8-10-17)14(15)12-3-5-13(18-2)6-4-12/h3-6,11,14,16H,7-10,15H2,1-2H3. The van der Waals surface area contributed by atoms with Gasteiger partial charge in [0.1, 0.15) is 5.75 Å². The van der Waals surface area contributed by atoms with Crippen LogP contribution in [0.25, 0.3) is 0 Å². The van der Waals surface area contributed by atoms with Crippen LogP contribution in [0.2, 0.25) is 0 Å². The van der Waals surface area contributed by atoms with Crippen molar-refractivity contribution in [1.29, 1.82) is 0 Å². The average Bonchev–Trinajstić information content (AvgIpc) is 2.47. The van der Waals surface area contributed by atoms with Crippen LogP contribution < -0.4 is 15.8 Å². The highest BCUT2D eigenvalue weighted by molar-refractivity contribution is 5.29. The van der Waals surface area contributed by atoms with Gasteiger partial charge in [0.25, 0.3) is 0 Å². The van der Waals surface area contributed by atoms with Gasteiger partial charge in [-0.05, 0) is 24.6 Å². The summed E-state index contributed by atoms with van der Waals surface area (Å²) in [6.07, 6.45) is 0. The summed E-state index contributed by atoms with van der Waals surface area (Å²) in [6.45, 7) is 6.47. The van der Waals surface area contributed by atoms with E-state index in [0.29, 0.717) is 6.04 Å². The fourth-order valence-electron chi connectivity index (χ4n) is 2.42. The van der Waals surface area contributed by atoms with Crippen molar-refractivity contribution >= 4 is 0 Å². The Hall–Kier alpha value is -1.10. The van der Waals surface area contributed by atoms with E-state index < -0.39 is 0 Å². The fraction of sp³-hybridized carbons (Fsp3) is 0.571. The molecule has 100 valence electrons. The molecule has 3 N–H and O–H groups in total. The van der Waals surface area contributed by atoms with Gasteiger partial charge in [0, 0.05) is 38.3 Å². The maximum absolute atomic E-state index is 6.36. The molecule has 1 fully saturated rings. The normalized spacial score (nSPS) is 20.4. The molecule has 1 aromatic rings. The molecular formula is C14H23N3O. The van der Waals surface area contributed by atoms with Crippen LogP contribution in [0, 0.1) is 0 Å². The minimum absolute atomic E-state index is 0.0500. The molecule has 2 unspecified atom stereocenters. The van der Waals surface area contributed by atoms with Crippen LogP contribution in [0.3, 0.4) is 0 Å². The zero-order valence-electron chi connectivity index (χ0n) is 11.2. The maximum Gasteiger partial charge on any atom is 0.118 e. The first-order valence-electron chi connectivity index (χ1n) is 6.56. The van der Waals surface area contributed by atoms with E-state index in [2.05, 4.69) is 29.3 Å². The lowest BCUT2D eigenvalue weighted by Crippen LogP contribution is -2.50. The number of hydrogen-bond acceptors (Lipinski definition) is 4. The lowest BCUT2D eigenvalue weighted by atomic mass is 9.99. The zero-order valence-corrected chi connectivity index (χ0v) is 11.2. The van der Waals surface area contributed by atoms with Crippen molar-refractivity contribution in [2.45, 2.75) is 19.0 Å². The van der Waals surface area contributed by atoms with Crippen molar-refractivity contribution in [2.75, 3.05) is 33.3 Å². The van der Waals surface area contributed by atoms with Crippen LogP contribution in [0.4, 0.5) is 0 Å². The summed E-state index contributed by atoms with van der Waals surface area (Å²) in [4.78, 5) is 2.45. The molecule has 4 nitrogen and oxygen atoms in total. The molecule has 1 saturated heterocycles. The van der Waals surface area contributed by atoms with Gasteiger partial charge in [0.15, 0.2) is 0 Å². The van der Waals surface area contributed by atoms with Gasteiger partial charge < -0.3 is 15.8 Å². The largest absolute Gasteiger partial charge is 0.497 e. The number of hydrogen-bond donors (Lipinski definition) is 2. The highest BCUT2D eigenvalue weighted by Gasteiger charge is 2.23. The van der Waals surface area contributed by atoms with Crippen LogP contribution in [-0.2, 0) is 0 Å². The van der Waals surface area contributed by atoms with E-state index in [1.165, 1.54) is 5.56 Å². The Morgan fingerprint density at radius 2 is 1.83 bits per heavy atom. The van der Waals surface area contributed by atoms with Crippen LogP contribution in [0.1, 0.15) is 18.5 Å². The Balaban J connectivity index is 2.01. The number of benzene rings is 1. The van der Waals surface area contributed by atoms with Gasteiger partial charge in [-0.3, -0.25) is 4.90 Å². The number of nitrogens with one attached hydrogen (secondary N) is 1. The summed E-state index contributed by atoms with van der Waals surface area (Å²) in [6, 6.07) is 8.47. The van der Waals surface area contributed by atoms with Crippen LogP contribution in [0.15, 0.2) is 24.3 Å². The maximum atomic E-state index is 6.36. The summed E-state index contributed by atoms with van der Waals surface area (Å²) < 4.78 is 5.17. The highest BCUT2D eigenvalue weighted by atomic mass is 16.5. The predicted molar refractivity (Wildman–Crippen MR) is 73.8 cm³/mol. The molecule has 0 amide bonds. The number of ether oxygens (including phenoxy) is 1. The average molecular weight is 249 g/mol. The third-order valence-corrected chi connectivity index (χ3v) is 3.75. The van der Waals surface area contributed by atoms with Gasteiger partial charge in [0.05, 0.1) is 7.11 Å². The Kier molecular flexibility index (Phi) is 4.58. The third-order valence-electron chi connectivity index (χ3n) is 3.75. The molecule has 2 rings (SSSR count). The van der Waals surface area contributed by atoms with Gasteiger partial charge in [0.2, 0.25) is 0 Å². The zero-order chi connectivity index (χ0) is 13.0. The Morgan fingerprint density at radius 1 is 1.22 bits per heavy atom. The molecule has 1 heterocycles. The Labute approximate surface area is 109 Å². The van der Waals surface area contributed by atoms with E-state index in [-0.39, 0.29) is 6.04 Å². The van der Waals surface area contributed by atoms with Crippen molar-refractivity contribution in [3.05, 3.63) is 29.8 Å². The molecule has 2 atom stereocenters. The van der Waals surface area contributed by atoms with Gasteiger partial charge in [-0.1, -0.05) is 12.1 Å². The summed E-state index contributed by atoms with van der Waals surface area (Å²) in [7, 11) is 1.68. The molecule has 0 spiro atoms. The number of nitrogens with two attached hydrogens (primary N) is 1. The monoisotopic (exact) mass is 249 g/mol. The van der Waals surface area contributed by atoms with E-state index in [1.807, 2.05) is 12.1 Å². The minimum atomic E-state index is 0.0500. The lowest BCUT2D eigenvalue weighted by Gasteiger charge is -2.36. The van der Waals surface area contributed by atoms with Crippen molar-refractivity contribution in [3.63, 3.8) is 0 Å². The summed E-state index contributed by atoms with van der Waals surface area (Å²) in [5, 5.41) is 3.36. The first-order valence-corrected chi connectivity index (χ1v) is 6.56. The number of rotatable bonds is 4. The quantitative estimate of drug-likeness (QED) is 0.835. The molecule has 0 radical (unpaired) electrons. The number of nitrogens with zero attached hydrogens (tertiary/aromatic N) is 1. The smallest absolute Gasteiger partial charge is 0.118 e. The molecular weight excluding hydrogens is 226 g/mol. The predicted octanol–water partition coefficient (Wildman–Crippen LogP) is 0.989. The minimum Gasteiger partial charge on any atom is -0.497 e. The molecule has 0 bridgehead atoms. The second-order valence-electron chi connectivity index (χ2n) is 4.83. The molecule has 1 aliphatic rings. The van der Waals surface area contributed by atoms with Crippen molar-refractivity contribution < 1.29 is 4.74 Å². The van der Waals surface area contributed by atoms with Gasteiger partial charge in [-0.15, -0.1) is 0 Å². The Bertz CT molecular complexity index is 360. The molecule has 0 aromatic heterocycles. The van der Waals surface area contributed by atoms with E-state index in [0.717, 1.165) is 31.9 Å². The Morgan fingerprint density at radius 3 is 2.39 bits per heavy atom. The van der Waals surface area contributed by atoms with Gasteiger partial charge in [-0.25, -0.2) is 0 Å². The number of piperazine rings is 1. The van der Waals surface area contributed by atoms with E-state index in [1.54, 1.807) is 7.11 Å². The summed E-state index contributed by atoms with van der Waals surface area (Å²) >= 11 is 0. The van der Waals surface area contributed by atoms with Gasteiger partial charge in [-0.2, -0.15) is 0 Å². The van der Waals surface area contributed by atoms with Gasteiger partial charge >= 0.3 is 0 Å². The lowest BCUT2D eigenvalue weighted by molar-refractivity contribution is 0.163. The highest BCUT2D eigenvalue weighted by Crippen LogP contribution is 2.21. The van der Waals surface area contributed by atoms with Crippen LogP contribution in [-0.4, -0.2) is 44.2 Å². The molecule has 1 aliphatic heterocycles. The SMILES string of the molecule is COc1ccc(C(N)C(C)N2CCNCC2)cc1. The van der Waals surface area contributed by atoms with Crippen molar-refractivity contribution in [2.24, 2.45) is 5.73 Å². The molecule has 0 saturated carbocycles. The third kappa shape index (κ3) is 3.02. The van der Waals surface area contributed by atoms with E-state index >= 15 is 0 Å². The first kappa shape index (κ1) is 13.3. The number of methoxy groups -OCH3 is 1. The van der Waals surface area contributed by atoms with Crippen molar-refractivity contribution in [3.8, 4) is 5.75 Å². The summed E-state index contributed by atoms with van der Waals surface area (Å²) in [5.74, 6) is 0.876. The van der Waals surface area contributed by atoms with Crippen molar-refractivity contribution in [1.82, 2.24) is 10.2 Å². The topological polar surface area (TPSA) is 50.5 Å². The molecule has 1 aromatic carbocycles. The van der Waals surface area contributed by atoms with E-state index in [4.69, 9.17) is 10.5 Å². The molecule has 0 aliphatic carbocycles. The second-order valence-corrected chi connectivity index (χ2v) is 4.83. The van der Waals surface area contributed by atoms with E-state index in [9.17, 15) is 0 Å². The molecule has 4 heteroatoms. The summed E-state index contributed by atoms with van der Waals surface area (Å²) in [5.41, 5.74) is 7.53. The van der Waals surface area contributed by atoms with Crippen LogP contribution in [0.5, 0.6) is 5.75 Å².